The predicted octanol–water partition coefficient (Wildman–Crippen LogP) is 2.05. The zero-order chi connectivity index (χ0) is 17.9. The lowest BCUT2D eigenvalue weighted by Gasteiger charge is -2.28. The van der Waals surface area contributed by atoms with Gasteiger partial charge in [0, 0.05) is 18.4 Å². The van der Waals surface area contributed by atoms with E-state index in [1.807, 2.05) is 0 Å². The number of nitrogens with two attached hydrogens (primary N) is 1. The van der Waals surface area contributed by atoms with E-state index in [1.165, 1.54) is 0 Å². The summed E-state index contributed by atoms with van der Waals surface area (Å²) in [5, 5.41) is 2.43. The molecular weight excluding hydrogens is 325 g/mol. The molecule has 130 valence electrons. The molecule has 1 aromatic carbocycles. The van der Waals surface area contributed by atoms with Crippen LogP contribution in [0.4, 0.5) is 13.2 Å². The molecule has 3 N–H and O–H groups in total. The number of rotatable bonds is 4. The van der Waals surface area contributed by atoms with E-state index in [1.54, 1.807) is 0 Å². The number of hydrogen-bond acceptors (Lipinski definition) is 3. The van der Waals surface area contributed by atoms with Gasteiger partial charge in [-0.3, -0.25) is 14.4 Å². The molecule has 0 aromatic heterocycles. The molecule has 1 saturated carbocycles. The number of amides is 2. The third kappa shape index (κ3) is 4.33. The van der Waals surface area contributed by atoms with Crippen molar-refractivity contribution in [1.29, 1.82) is 0 Å². The molecule has 2 atom stereocenters. The Labute approximate surface area is 136 Å². The van der Waals surface area contributed by atoms with E-state index >= 15 is 0 Å². The van der Waals surface area contributed by atoms with Crippen LogP contribution in [0, 0.1) is 5.92 Å². The van der Waals surface area contributed by atoms with Crippen molar-refractivity contribution in [3.8, 4) is 0 Å². The number of carbonyl (C=O) groups excluding carboxylic acids is 3. The van der Waals surface area contributed by atoms with Gasteiger partial charge in [-0.05, 0) is 43.0 Å². The van der Waals surface area contributed by atoms with Gasteiger partial charge in [-0.25, -0.2) is 0 Å². The van der Waals surface area contributed by atoms with Gasteiger partial charge in [-0.15, -0.1) is 0 Å². The number of carbonyl (C=O) groups is 3. The molecule has 1 fully saturated rings. The Bertz CT molecular complexity index is 641. The van der Waals surface area contributed by atoms with E-state index in [-0.39, 0.29) is 23.7 Å². The van der Waals surface area contributed by atoms with E-state index in [4.69, 9.17) is 5.73 Å². The number of hydrogen-bond donors (Lipinski definition) is 2. The highest BCUT2D eigenvalue weighted by molar-refractivity contribution is 5.97. The molecule has 0 aliphatic heterocycles. The van der Waals surface area contributed by atoms with Crippen molar-refractivity contribution < 1.29 is 27.6 Å². The van der Waals surface area contributed by atoms with Crippen LogP contribution in [0.25, 0.3) is 0 Å². The number of Topliss-reactive ketones (excluding diaryl/α,β-unsaturated/α-hetero) is 1. The first-order valence-corrected chi connectivity index (χ1v) is 7.47. The van der Waals surface area contributed by atoms with Gasteiger partial charge < -0.3 is 11.1 Å². The van der Waals surface area contributed by atoms with Gasteiger partial charge in [0.2, 0.25) is 5.91 Å². The summed E-state index contributed by atoms with van der Waals surface area (Å²) >= 11 is 0. The number of alkyl halides is 3. The Kier molecular flexibility index (Phi) is 5.26. The normalized spacial score (nSPS) is 19.6. The van der Waals surface area contributed by atoms with Crippen LogP contribution in [-0.2, 0) is 15.8 Å². The Morgan fingerprint density at radius 3 is 2.33 bits per heavy atom. The first-order chi connectivity index (χ1) is 11.2. The number of primary amides is 1. The van der Waals surface area contributed by atoms with Crippen LogP contribution in [-0.4, -0.2) is 23.6 Å². The molecule has 1 aliphatic carbocycles. The molecule has 5 nitrogen and oxygen atoms in total. The standard InChI is InChI=1S/C16H17F3N2O3/c17-16(18,19)11-6-4-9(5-7-11)15(24)21-13(14(20)23)10-2-1-3-12(22)8-10/h4-7,10,13H,1-3,8H2,(H2,20,23)(H,21,24)/t10-,13-/m1/s1. The first kappa shape index (κ1) is 18.0. The van der Waals surface area contributed by atoms with Gasteiger partial charge in [-0.1, -0.05) is 0 Å². The van der Waals surface area contributed by atoms with Gasteiger partial charge in [-0.2, -0.15) is 13.2 Å². The van der Waals surface area contributed by atoms with Crippen molar-refractivity contribution in [2.24, 2.45) is 11.7 Å². The van der Waals surface area contributed by atoms with Crippen LogP contribution >= 0.6 is 0 Å². The van der Waals surface area contributed by atoms with Gasteiger partial charge in [0.1, 0.15) is 11.8 Å². The number of halogens is 3. The van der Waals surface area contributed by atoms with Crippen molar-refractivity contribution in [3.05, 3.63) is 35.4 Å². The summed E-state index contributed by atoms with van der Waals surface area (Å²) in [6.07, 6.45) is -2.71. The molecule has 1 aromatic rings. The molecule has 0 bridgehead atoms. The van der Waals surface area contributed by atoms with E-state index in [2.05, 4.69) is 5.32 Å². The second-order valence-electron chi connectivity index (χ2n) is 5.82. The first-order valence-electron chi connectivity index (χ1n) is 7.47. The number of nitrogens with one attached hydrogen (secondary N) is 1. The maximum absolute atomic E-state index is 12.5. The van der Waals surface area contributed by atoms with Crippen LogP contribution < -0.4 is 11.1 Å². The quantitative estimate of drug-likeness (QED) is 0.877. The summed E-state index contributed by atoms with van der Waals surface area (Å²) in [5.74, 6) is -1.86. The van der Waals surface area contributed by atoms with E-state index in [0.29, 0.717) is 19.3 Å². The minimum absolute atomic E-state index is 0.00118. The SMILES string of the molecule is NC(=O)[C@H](NC(=O)c1ccc(C(F)(F)F)cc1)[C@@H]1CCCC(=O)C1. The topological polar surface area (TPSA) is 89.3 Å². The second-order valence-corrected chi connectivity index (χ2v) is 5.82. The van der Waals surface area contributed by atoms with Crippen LogP contribution in [0.3, 0.4) is 0 Å². The van der Waals surface area contributed by atoms with Crippen molar-refractivity contribution in [2.45, 2.75) is 37.9 Å². The summed E-state index contributed by atoms with van der Waals surface area (Å²) < 4.78 is 37.6. The molecular formula is C16H17F3N2O3. The van der Waals surface area contributed by atoms with Crippen molar-refractivity contribution >= 4 is 17.6 Å². The zero-order valence-electron chi connectivity index (χ0n) is 12.7. The van der Waals surface area contributed by atoms with Crippen LogP contribution in [0.5, 0.6) is 0 Å². The molecule has 2 amide bonds. The summed E-state index contributed by atoms with van der Waals surface area (Å²) in [5.41, 5.74) is 4.42. The predicted molar refractivity (Wildman–Crippen MR) is 78.9 cm³/mol. The van der Waals surface area contributed by atoms with Gasteiger partial charge in [0.25, 0.3) is 5.91 Å². The third-order valence-corrected chi connectivity index (χ3v) is 4.06. The zero-order valence-corrected chi connectivity index (χ0v) is 12.7. The van der Waals surface area contributed by atoms with Crippen molar-refractivity contribution in [2.75, 3.05) is 0 Å². The minimum atomic E-state index is -4.49. The molecule has 0 heterocycles. The Morgan fingerprint density at radius 1 is 1.21 bits per heavy atom. The van der Waals surface area contributed by atoms with E-state index in [0.717, 1.165) is 24.3 Å². The molecule has 8 heteroatoms. The Balaban J connectivity index is 2.10. The molecule has 0 unspecified atom stereocenters. The third-order valence-electron chi connectivity index (χ3n) is 4.06. The average molecular weight is 342 g/mol. The largest absolute Gasteiger partial charge is 0.416 e. The summed E-state index contributed by atoms with van der Waals surface area (Å²) in [6, 6.07) is 2.62. The lowest BCUT2D eigenvalue weighted by atomic mass is 9.82. The van der Waals surface area contributed by atoms with Crippen LogP contribution in [0.1, 0.15) is 41.6 Å². The number of benzene rings is 1. The van der Waals surface area contributed by atoms with Gasteiger partial charge >= 0.3 is 6.18 Å². The molecule has 1 aliphatic rings. The maximum atomic E-state index is 12.5. The Morgan fingerprint density at radius 2 is 1.83 bits per heavy atom. The maximum Gasteiger partial charge on any atom is 0.416 e. The highest BCUT2D eigenvalue weighted by Gasteiger charge is 2.33. The lowest BCUT2D eigenvalue weighted by molar-refractivity contribution is -0.137. The van der Waals surface area contributed by atoms with Gasteiger partial charge in [0.05, 0.1) is 5.56 Å². The summed E-state index contributed by atoms with van der Waals surface area (Å²) in [6.45, 7) is 0. The number of ketones is 1. The lowest BCUT2D eigenvalue weighted by Crippen LogP contribution is -2.50. The highest BCUT2D eigenvalue weighted by atomic mass is 19.4. The smallest absolute Gasteiger partial charge is 0.368 e. The fourth-order valence-electron chi connectivity index (χ4n) is 2.80. The highest BCUT2D eigenvalue weighted by Crippen LogP contribution is 2.29. The fraction of sp³-hybridized carbons (Fsp3) is 0.438. The average Bonchev–Trinajstić information content (AvgIpc) is 2.51. The summed E-state index contributed by atoms with van der Waals surface area (Å²) in [4.78, 5) is 35.3. The molecule has 24 heavy (non-hydrogen) atoms. The summed E-state index contributed by atoms with van der Waals surface area (Å²) in [7, 11) is 0. The minimum Gasteiger partial charge on any atom is -0.368 e. The second kappa shape index (κ2) is 7.02. The van der Waals surface area contributed by atoms with Gasteiger partial charge in [0.15, 0.2) is 0 Å². The fourth-order valence-corrected chi connectivity index (χ4v) is 2.80. The monoisotopic (exact) mass is 342 g/mol. The molecule has 2 rings (SSSR count). The molecule has 0 spiro atoms. The van der Waals surface area contributed by atoms with Crippen molar-refractivity contribution in [3.63, 3.8) is 0 Å². The molecule has 0 saturated heterocycles. The van der Waals surface area contributed by atoms with Crippen LogP contribution in [0.15, 0.2) is 24.3 Å². The van der Waals surface area contributed by atoms with Crippen LogP contribution in [0.2, 0.25) is 0 Å². The van der Waals surface area contributed by atoms with Crippen molar-refractivity contribution in [1.82, 2.24) is 5.32 Å². The van der Waals surface area contributed by atoms with E-state index in [9.17, 15) is 27.6 Å². The Hall–Kier alpha value is -2.38. The molecule has 0 radical (unpaired) electrons. The van der Waals surface area contributed by atoms with E-state index < -0.39 is 29.6 Å².